The Hall–Kier alpha value is -2.12. The van der Waals surface area contributed by atoms with E-state index in [0.29, 0.717) is 5.92 Å². The van der Waals surface area contributed by atoms with E-state index in [-0.39, 0.29) is 22.1 Å². The van der Waals surface area contributed by atoms with Crippen molar-refractivity contribution in [2.45, 2.75) is 44.8 Å². The Morgan fingerprint density at radius 2 is 2.09 bits per heavy atom. The third-order valence-corrected chi connectivity index (χ3v) is 4.52. The van der Waals surface area contributed by atoms with Gasteiger partial charge in [-0.15, -0.1) is 0 Å². The molecule has 1 saturated carbocycles. The molecule has 0 bridgehead atoms. The van der Waals surface area contributed by atoms with Crippen LogP contribution in [0.2, 0.25) is 0 Å². The first-order chi connectivity index (χ1) is 10.7. The lowest BCUT2D eigenvalue weighted by Crippen LogP contribution is -2.47. The summed E-state index contributed by atoms with van der Waals surface area (Å²) >= 11 is 0. The largest absolute Gasteiger partial charge is 0.449 e. The maximum atomic E-state index is 12.8. The fourth-order valence-electron chi connectivity index (χ4n) is 2.76. The molecule has 1 unspecified atom stereocenters. The summed E-state index contributed by atoms with van der Waals surface area (Å²) in [5.74, 6) is -1.16. The monoisotopic (exact) mass is 326 g/mol. The third-order valence-electron chi connectivity index (χ3n) is 4.52. The maximum Gasteiger partial charge on any atom is 0.449 e. The lowest BCUT2D eigenvalue weighted by atomic mass is 9.92. The van der Waals surface area contributed by atoms with Gasteiger partial charge >= 0.3 is 6.18 Å². The van der Waals surface area contributed by atoms with Crippen LogP contribution in [0.15, 0.2) is 12.4 Å². The number of fused-ring (bicyclic) bond motifs is 1. The van der Waals surface area contributed by atoms with Crippen molar-refractivity contribution in [2.75, 3.05) is 0 Å². The van der Waals surface area contributed by atoms with E-state index < -0.39 is 17.9 Å². The van der Waals surface area contributed by atoms with Crippen molar-refractivity contribution in [1.82, 2.24) is 20.3 Å². The quantitative estimate of drug-likeness (QED) is 0.906. The molecule has 1 fully saturated rings. The van der Waals surface area contributed by atoms with Gasteiger partial charge in [-0.05, 0) is 32.1 Å². The van der Waals surface area contributed by atoms with Gasteiger partial charge < -0.3 is 10.3 Å². The molecule has 3 rings (SSSR count). The molecular formula is C15H17F3N4O. The summed E-state index contributed by atoms with van der Waals surface area (Å²) in [5.41, 5.74) is -0.231. The number of aromatic amines is 1. The molecule has 124 valence electrons. The molecule has 1 atom stereocenters. The van der Waals surface area contributed by atoms with E-state index in [1.807, 2.05) is 13.8 Å². The number of amides is 1. The summed E-state index contributed by atoms with van der Waals surface area (Å²) in [6.45, 7) is 3.94. The van der Waals surface area contributed by atoms with E-state index in [2.05, 4.69) is 20.3 Å². The van der Waals surface area contributed by atoms with Crippen molar-refractivity contribution in [2.24, 2.45) is 5.92 Å². The van der Waals surface area contributed by atoms with Gasteiger partial charge in [-0.2, -0.15) is 13.2 Å². The first kappa shape index (κ1) is 15.8. The predicted octanol–water partition coefficient (Wildman–Crippen LogP) is 3.29. The molecule has 1 aliphatic carbocycles. The number of aromatic nitrogens is 3. The van der Waals surface area contributed by atoms with E-state index in [1.165, 1.54) is 12.4 Å². The number of rotatable bonds is 4. The molecule has 2 aromatic heterocycles. The lowest BCUT2D eigenvalue weighted by Gasteiger charge is -2.29. The van der Waals surface area contributed by atoms with Gasteiger partial charge in [-0.1, -0.05) is 6.92 Å². The Morgan fingerprint density at radius 1 is 1.39 bits per heavy atom. The Morgan fingerprint density at radius 3 is 2.65 bits per heavy atom. The summed E-state index contributed by atoms with van der Waals surface area (Å²) in [5, 5.41) is 2.95. The normalized spacial score (nSPS) is 18.0. The number of nitrogens with one attached hydrogen (secondary N) is 2. The summed E-state index contributed by atoms with van der Waals surface area (Å²) in [6, 6.07) is 0. The van der Waals surface area contributed by atoms with Crippen LogP contribution in [-0.4, -0.2) is 26.4 Å². The molecule has 1 aliphatic rings. The lowest BCUT2D eigenvalue weighted by molar-refractivity contribution is -0.144. The standard InChI is InChI=1S/C15H17F3N4O/c1-3-14(2,8-4-5-8)22-12(23)9-6-19-7-10-11(9)21-13(20-10)15(16,17)18/h6-8H,3-5H2,1-2H3,(H,20,21)(H,22,23). The highest BCUT2D eigenvalue weighted by Gasteiger charge is 2.41. The minimum absolute atomic E-state index is 0.0147. The zero-order chi connectivity index (χ0) is 16.8. The van der Waals surface area contributed by atoms with Crippen LogP contribution in [0.4, 0.5) is 13.2 Å². The van der Waals surface area contributed by atoms with Gasteiger partial charge in [0, 0.05) is 11.7 Å². The van der Waals surface area contributed by atoms with Gasteiger partial charge in [0.2, 0.25) is 5.82 Å². The maximum absolute atomic E-state index is 12.8. The van der Waals surface area contributed by atoms with Crippen LogP contribution >= 0.6 is 0 Å². The highest BCUT2D eigenvalue weighted by molar-refractivity contribution is 6.04. The molecule has 0 spiro atoms. The molecule has 0 aromatic carbocycles. The number of imidazole rings is 1. The topological polar surface area (TPSA) is 70.7 Å². The first-order valence-electron chi connectivity index (χ1n) is 7.48. The van der Waals surface area contributed by atoms with E-state index in [0.717, 1.165) is 19.3 Å². The summed E-state index contributed by atoms with van der Waals surface area (Å²) < 4.78 is 38.4. The predicted molar refractivity (Wildman–Crippen MR) is 77.8 cm³/mol. The van der Waals surface area contributed by atoms with Gasteiger partial charge in [0.1, 0.15) is 5.52 Å². The molecular weight excluding hydrogens is 309 g/mol. The van der Waals surface area contributed by atoms with Crippen LogP contribution in [-0.2, 0) is 6.18 Å². The zero-order valence-corrected chi connectivity index (χ0v) is 12.8. The molecule has 8 heteroatoms. The van der Waals surface area contributed by atoms with Crippen molar-refractivity contribution >= 4 is 16.9 Å². The second-order valence-electron chi connectivity index (χ2n) is 6.17. The molecule has 0 saturated heterocycles. The minimum Gasteiger partial charge on any atom is -0.346 e. The van der Waals surface area contributed by atoms with Crippen molar-refractivity contribution in [3.63, 3.8) is 0 Å². The third kappa shape index (κ3) is 2.89. The number of alkyl halides is 3. The Balaban J connectivity index is 1.96. The summed E-state index contributed by atoms with van der Waals surface area (Å²) in [6.07, 6.45) is 0.733. The second-order valence-corrected chi connectivity index (χ2v) is 6.17. The highest BCUT2D eigenvalue weighted by Crippen LogP contribution is 2.41. The van der Waals surface area contributed by atoms with Gasteiger partial charge in [0.05, 0.1) is 17.3 Å². The Bertz CT molecular complexity index is 751. The van der Waals surface area contributed by atoms with Gasteiger partial charge in [-0.3, -0.25) is 9.78 Å². The smallest absolute Gasteiger partial charge is 0.346 e. The summed E-state index contributed by atoms with van der Waals surface area (Å²) in [7, 11) is 0. The number of carbonyl (C=O) groups excluding carboxylic acids is 1. The van der Waals surface area contributed by atoms with Crippen molar-refractivity contribution in [3.05, 3.63) is 23.8 Å². The van der Waals surface area contributed by atoms with Gasteiger partial charge in [0.25, 0.3) is 5.91 Å². The van der Waals surface area contributed by atoms with Crippen molar-refractivity contribution in [3.8, 4) is 0 Å². The van der Waals surface area contributed by atoms with Crippen LogP contribution in [0.25, 0.3) is 11.0 Å². The van der Waals surface area contributed by atoms with E-state index >= 15 is 0 Å². The molecule has 2 aromatic rings. The number of hydrogen-bond donors (Lipinski definition) is 2. The average Bonchev–Trinajstić information content (AvgIpc) is 3.24. The first-order valence-corrected chi connectivity index (χ1v) is 7.48. The van der Waals surface area contributed by atoms with Crippen LogP contribution in [0.5, 0.6) is 0 Å². The van der Waals surface area contributed by atoms with Crippen molar-refractivity contribution in [1.29, 1.82) is 0 Å². The SMILES string of the molecule is CCC(C)(NC(=O)c1cncc2[nH]c(C(F)(F)F)nc12)C1CC1. The molecule has 5 nitrogen and oxygen atoms in total. The molecule has 0 aliphatic heterocycles. The fraction of sp³-hybridized carbons (Fsp3) is 0.533. The average molecular weight is 326 g/mol. The van der Waals surface area contributed by atoms with Crippen LogP contribution < -0.4 is 5.32 Å². The second kappa shape index (κ2) is 5.21. The Labute approximate surface area is 130 Å². The van der Waals surface area contributed by atoms with E-state index in [9.17, 15) is 18.0 Å². The van der Waals surface area contributed by atoms with Crippen molar-refractivity contribution < 1.29 is 18.0 Å². The van der Waals surface area contributed by atoms with E-state index in [4.69, 9.17) is 0 Å². The number of nitrogens with zero attached hydrogens (tertiary/aromatic N) is 2. The molecule has 2 heterocycles. The molecule has 1 amide bonds. The van der Waals surface area contributed by atoms with Gasteiger partial charge in [0.15, 0.2) is 0 Å². The van der Waals surface area contributed by atoms with Crippen LogP contribution in [0.3, 0.4) is 0 Å². The molecule has 0 radical (unpaired) electrons. The van der Waals surface area contributed by atoms with Crippen LogP contribution in [0.1, 0.15) is 49.3 Å². The molecule has 2 N–H and O–H groups in total. The highest BCUT2D eigenvalue weighted by atomic mass is 19.4. The van der Waals surface area contributed by atoms with Crippen LogP contribution in [0, 0.1) is 5.92 Å². The zero-order valence-electron chi connectivity index (χ0n) is 12.8. The number of hydrogen-bond acceptors (Lipinski definition) is 3. The van der Waals surface area contributed by atoms with Gasteiger partial charge in [-0.25, -0.2) is 4.98 Å². The number of halogens is 3. The molecule has 23 heavy (non-hydrogen) atoms. The minimum atomic E-state index is -4.60. The number of H-pyrrole nitrogens is 1. The van der Waals surface area contributed by atoms with E-state index in [1.54, 1.807) is 0 Å². The Kier molecular flexibility index (Phi) is 3.57. The fourth-order valence-corrected chi connectivity index (χ4v) is 2.76. The summed E-state index contributed by atoms with van der Waals surface area (Å²) in [4.78, 5) is 22.1. The number of pyridine rings is 1. The number of carbonyl (C=O) groups is 1.